The number of rotatable bonds is 2. The zero-order valence-electron chi connectivity index (χ0n) is 8.07. The smallest absolute Gasteiger partial charge is 0.166 e. The maximum Gasteiger partial charge on any atom is 0.166 e. The number of hydrogen-bond donors (Lipinski definition) is 2. The molecule has 0 bridgehead atoms. The van der Waals surface area contributed by atoms with E-state index in [1.165, 1.54) is 0 Å². The molecule has 0 aliphatic carbocycles. The monoisotopic (exact) mass is 193 g/mol. The third-order valence-corrected chi connectivity index (χ3v) is 2.38. The molecule has 0 unspecified atom stereocenters. The lowest BCUT2D eigenvalue weighted by Crippen LogP contribution is -2.34. The minimum Gasteiger partial charge on any atom is -0.486 e. The van der Waals surface area contributed by atoms with E-state index in [-0.39, 0.29) is 6.10 Å². The summed E-state index contributed by atoms with van der Waals surface area (Å²) in [5, 5.41) is 3.29. The highest BCUT2D eigenvalue weighted by atomic mass is 16.5. The van der Waals surface area contributed by atoms with Crippen molar-refractivity contribution in [1.82, 2.24) is 10.3 Å². The fourth-order valence-electron chi connectivity index (χ4n) is 1.60. The van der Waals surface area contributed by atoms with Crippen molar-refractivity contribution in [3.63, 3.8) is 0 Å². The molecule has 1 aromatic rings. The van der Waals surface area contributed by atoms with Gasteiger partial charge in [0, 0.05) is 6.20 Å². The van der Waals surface area contributed by atoms with Crippen LogP contribution in [0.2, 0.25) is 0 Å². The van der Waals surface area contributed by atoms with Crippen molar-refractivity contribution < 1.29 is 4.74 Å². The fraction of sp³-hybridized carbons (Fsp3) is 0.500. The van der Waals surface area contributed by atoms with Gasteiger partial charge in [0.05, 0.1) is 0 Å². The molecule has 1 aliphatic rings. The molecule has 0 atom stereocenters. The summed E-state index contributed by atoms with van der Waals surface area (Å²) in [5.41, 5.74) is 5.69. The summed E-state index contributed by atoms with van der Waals surface area (Å²) in [6, 6.07) is 3.71. The van der Waals surface area contributed by atoms with E-state index >= 15 is 0 Å². The van der Waals surface area contributed by atoms with Crippen LogP contribution in [0.1, 0.15) is 12.8 Å². The molecule has 1 aromatic heterocycles. The van der Waals surface area contributed by atoms with Crippen LogP contribution in [0.15, 0.2) is 18.3 Å². The Labute approximate surface area is 83.5 Å². The highest BCUT2D eigenvalue weighted by molar-refractivity contribution is 5.44. The van der Waals surface area contributed by atoms with Crippen molar-refractivity contribution in [1.29, 1.82) is 0 Å². The topological polar surface area (TPSA) is 60.2 Å². The van der Waals surface area contributed by atoms with Crippen LogP contribution in [0, 0.1) is 0 Å². The molecule has 0 amide bonds. The molecular formula is C10H15N3O. The Hall–Kier alpha value is -1.29. The van der Waals surface area contributed by atoms with E-state index in [1.807, 2.05) is 12.1 Å². The van der Waals surface area contributed by atoms with Gasteiger partial charge in [-0.05, 0) is 38.1 Å². The second kappa shape index (κ2) is 4.28. The standard InChI is InChI=1S/C10H15N3O/c11-10-9(2-1-5-13-10)14-8-3-6-12-7-4-8/h1-2,5,8,12H,3-4,6-7H2,(H2,11,13). The Kier molecular flexibility index (Phi) is 2.84. The number of piperidine rings is 1. The Morgan fingerprint density at radius 2 is 2.21 bits per heavy atom. The molecule has 1 fully saturated rings. The quantitative estimate of drug-likeness (QED) is 0.729. The first-order valence-electron chi connectivity index (χ1n) is 4.94. The van der Waals surface area contributed by atoms with Gasteiger partial charge in [-0.15, -0.1) is 0 Å². The van der Waals surface area contributed by atoms with Crippen LogP contribution in [0.3, 0.4) is 0 Å². The SMILES string of the molecule is Nc1ncccc1OC1CCNCC1. The first-order valence-corrected chi connectivity index (χ1v) is 4.94. The van der Waals surface area contributed by atoms with Crippen LogP contribution in [0.5, 0.6) is 5.75 Å². The van der Waals surface area contributed by atoms with Crippen molar-refractivity contribution in [2.45, 2.75) is 18.9 Å². The predicted molar refractivity (Wildman–Crippen MR) is 55.2 cm³/mol. The van der Waals surface area contributed by atoms with E-state index in [1.54, 1.807) is 6.20 Å². The molecule has 76 valence electrons. The lowest BCUT2D eigenvalue weighted by atomic mass is 10.1. The molecule has 1 aliphatic heterocycles. The molecule has 4 nitrogen and oxygen atoms in total. The number of ether oxygens (including phenoxy) is 1. The summed E-state index contributed by atoms with van der Waals surface area (Å²) in [6.07, 6.45) is 4.02. The zero-order chi connectivity index (χ0) is 9.80. The number of hydrogen-bond acceptors (Lipinski definition) is 4. The minimum atomic E-state index is 0.280. The fourth-order valence-corrected chi connectivity index (χ4v) is 1.60. The van der Waals surface area contributed by atoms with Crippen LogP contribution in [0.4, 0.5) is 5.82 Å². The van der Waals surface area contributed by atoms with Gasteiger partial charge in [0.1, 0.15) is 6.10 Å². The molecule has 4 heteroatoms. The normalized spacial score (nSPS) is 18.0. The Morgan fingerprint density at radius 3 is 2.93 bits per heavy atom. The predicted octanol–water partition coefficient (Wildman–Crippen LogP) is 0.795. The molecule has 0 aromatic carbocycles. The average Bonchev–Trinajstić information content (AvgIpc) is 2.23. The van der Waals surface area contributed by atoms with Gasteiger partial charge in [0.25, 0.3) is 0 Å². The molecule has 0 saturated carbocycles. The van der Waals surface area contributed by atoms with Crippen molar-refractivity contribution in [2.24, 2.45) is 0 Å². The number of anilines is 1. The Morgan fingerprint density at radius 1 is 1.43 bits per heavy atom. The first-order chi connectivity index (χ1) is 6.86. The number of pyridine rings is 1. The van der Waals surface area contributed by atoms with Crippen LogP contribution in [-0.2, 0) is 0 Å². The van der Waals surface area contributed by atoms with Crippen molar-refractivity contribution in [3.8, 4) is 5.75 Å². The second-order valence-corrected chi connectivity index (χ2v) is 3.45. The van der Waals surface area contributed by atoms with Crippen LogP contribution in [0.25, 0.3) is 0 Å². The van der Waals surface area contributed by atoms with Crippen LogP contribution in [-0.4, -0.2) is 24.2 Å². The van der Waals surface area contributed by atoms with E-state index in [4.69, 9.17) is 10.5 Å². The van der Waals surface area contributed by atoms with Crippen molar-refractivity contribution in [2.75, 3.05) is 18.8 Å². The number of nitrogens with one attached hydrogen (secondary N) is 1. The van der Waals surface area contributed by atoms with Crippen molar-refractivity contribution >= 4 is 5.82 Å². The summed E-state index contributed by atoms with van der Waals surface area (Å²) in [5.74, 6) is 1.19. The minimum absolute atomic E-state index is 0.280. The van der Waals surface area contributed by atoms with Gasteiger partial charge in [-0.1, -0.05) is 0 Å². The van der Waals surface area contributed by atoms with Gasteiger partial charge < -0.3 is 15.8 Å². The number of nitrogen functional groups attached to an aromatic ring is 1. The van der Waals surface area contributed by atoms with E-state index in [0.29, 0.717) is 11.6 Å². The lowest BCUT2D eigenvalue weighted by Gasteiger charge is -2.24. The van der Waals surface area contributed by atoms with E-state index in [9.17, 15) is 0 Å². The average molecular weight is 193 g/mol. The largest absolute Gasteiger partial charge is 0.486 e. The van der Waals surface area contributed by atoms with Gasteiger partial charge >= 0.3 is 0 Å². The maximum absolute atomic E-state index is 5.76. The van der Waals surface area contributed by atoms with E-state index in [0.717, 1.165) is 25.9 Å². The van der Waals surface area contributed by atoms with Gasteiger partial charge in [-0.2, -0.15) is 0 Å². The molecule has 2 rings (SSSR count). The van der Waals surface area contributed by atoms with Gasteiger partial charge in [0.15, 0.2) is 11.6 Å². The summed E-state index contributed by atoms with van der Waals surface area (Å²) < 4.78 is 5.76. The zero-order valence-corrected chi connectivity index (χ0v) is 8.07. The second-order valence-electron chi connectivity index (χ2n) is 3.45. The first kappa shape index (κ1) is 9.27. The van der Waals surface area contributed by atoms with E-state index < -0.39 is 0 Å². The number of nitrogens with two attached hydrogens (primary N) is 1. The molecular weight excluding hydrogens is 178 g/mol. The summed E-state index contributed by atoms with van der Waals surface area (Å²) in [7, 11) is 0. The van der Waals surface area contributed by atoms with Crippen LogP contribution >= 0.6 is 0 Å². The van der Waals surface area contributed by atoms with Gasteiger partial charge in [-0.3, -0.25) is 0 Å². The number of aromatic nitrogens is 1. The highest BCUT2D eigenvalue weighted by Gasteiger charge is 2.15. The summed E-state index contributed by atoms with van der Waals surface area (Å²) in [4.78, 5) is 3.98. The highest BCUT2D eigenvalue weighted by Crippen LogP contribution is 2.21. The van der Waals surface area contributed by atoms with Crippen LogP contribution < -0.4 is 15.8 Å². The maximum atomic E-state index is 5.76. The molecule has 14 heavy (non-hydrogen) atoms. The summed E-state index contributed by atoms with van der Waals surface area (Å²) >= 11 is 0. The van der Waals surface area contributed by atoms with E-state index in [2.05, 4.69) is 10.3 Å². The molecule has 1 saturated heterocycles. The Bertz CT molecular complexity index is 297. The molecule has 3 N–H and O–H groups in total. The summed E-state index contributed by atoms with van der Waals surface area (Å²) in [6.45, 7) is 2.04. The van der Waals surface area contributed by atoms with Gasteiger partial charge in [-0.25, -0.2) is 4.98 Å². The number of nitrogens with zero attached hydrogens (tertiary/aromatic N) is 1. The third kappa shape index (κ3) is 2.14. The lowest BCUT2D eigenvalue weighted by molar-refractivity contribution is 0.163. The molecule has 2 heterocycles. The molecule has 0 radical (unpaired) electrons. The molecule has 0 spiro atoms. The Balaban J connectivity index is 1.99. The van der Waals surface area contributed by atoms with Gasteiger partial charge in [0.2, 0.25) is 0 Å². The third-order valence-electron chi connectivity index (χ3n) is 2.38. The van der Waals surface area contributed by atoms with Crippen molar-refractivity contribution in [3.05, 3.63) is 18.3 Å².